The molecule has 1 aromatic carbocycles. The van der Waals surface area contributed by atoms with E-state index in [0.717, 1.165) is 21.6 Å². The summed E-state index contributed by atoms with van der Waals surface area (Å²) < 4.78 is 0. The van der Waals surface area contributed by atoms with Crippen LogP contribution in [0, 0.1) is 0 Å². The number of benzene rings is 1. The third kappa shape index (κ3) is 3.68. The summed E-state index contributed by atoms with van der Waals surface area (Å²) in [4.78, 5) is 22.4. The van der Waals surface area contributed by atoms with E-state index < -0.39 is 11.9 Å². The summed E-state index contributed by atoms with van der Waals surface area (Å²) in [6.45, 7) is 6.95. The maximum atomic E-state index is 11.0. The molecule has 0 atom stereocenters. The van der Waals surface area contributed by atoms with Gasteiger partial charge >= 0.3 is 11.9 Å². The Morgan fingerprint density at radius 2 is 1.72 bits per heavy atom. The van der Waals surface area contributed by atoms with Crippen LogP contribution in [0.2, 0.25) is 0 Å². The Morgan fingerprint density at radius 1 is 1.11 bits per heavy atom. The molecular formula is C12H10O4S2. The molecule has 0 aliphatic heterocycles. The second-order valence-electron chi connectivity index (χ2n) is 3.17. The SMILES string of the molecule is C=C(SSc1ccccc1C(=O)O)C(=C)C(=O)O. The molecule has 0 spiro atoms. The third-order valence-corrected chi connectivity index (χ3v) is 4.40. The summed E-state index contributed by atoms with van der Waals surface area (Å²) in [5.74, 6) is -2.17. The van der Waals surface area contributed by atoms with Gasteiger partial charge in [0, 0.05) is 9.80 Å². The van der Waals surface area contributed by atoms with Gasteiger partial charge in [0.1, 0.15) is 0 Å². The lowest BCUT2D eigenvalue weighted by Crippen LogP contribution is -1.99. The predicted molar refractivity (Wildman–Crippen MR) is 72.8 cm³/mol. The number of aromatic carboxylic acids is 1. The average molecular weight is 282 g/mol. The maximum Gasteiger partial charge on any atom is 0.336 e. The molecule has 1 rings (SSSR count). The van der Waals surface area contributed by atoms with Crippen molar-refractivity contribution in [2.45, 2.75) is 4.90 Å². The van der Waals surface area contributed by atoms with Gasteiger partial charge in [0.25, 0.3) is 0 Å². The van der Waals surface area contributed by atoms with E-state index in [0.29, 0.717) is 4.90 Å². The van der Waals surface area contributed by atoms with Crippen molar-refractivity contribution in [3.8, 4) is 0 Å². The van der Waals surface area contributed by atoms with E-state index in [-0.39, 0.29) is 16.0 Å². The summed E-state index contributed by atoms with van der Waals surface area (Å²) in [5, 5.41) is 17.7. The van der Waals surface area contributed by atoms with Gasteiger partial charge in [-0.1, -0.05) is 46.9 Å². The molecule has 0 heterocycles. The zero-order chi connectivity index (χ0) is 13.7. The second kappa shape index (κ2) is 6.32. The average Bonchev–Trinajstić information content (AvgIpc) is 2.35. The molecular weight excluding hydrogens is 272 g/mol. The van der Waals surface area contributed by atoms with Gasteiger partial charge in [-0.05, 0) is 12.1 Å². The lowest BCUT2D eigenvalue weighted by atomic mass is 10.2. The molecule has 0 saturated carbocycles. The molecule has 0 fully saturated rings. The fraction of sp³-hybridized carbons (Fsp3) is 0. The number of carboxylic acid groups (broad SMARTS) is 2. The molecule has 0 bridgehead atoms. The molecule has 0 aromatic heterocycles. The highest BCUT2D eigenvalue weighted by Crippen LogP contribution is 2.40. The van der Waals surface area contributed by atoms with Crippen molar-refractivity contribution in [1.82, 2.24) is 0 Å². The van der Waals surface area contributed by atoms with Gasteiger partial charge in [-0.25, -0.2) is 9.59 Å². The van der Waals surface area contributed by atoms with Crippen molar-refractivity contribution in [3.63, 3.8) is 0 Å². The Morgan fingerprint density at radius 3 is 2.28 bits per heavy atom. The van der Waals surface area contributed by atoms with Crippen LogP contribution in [0.4, 0.5) is 0 Å². The zero-order valence-electron chi connectivity index (χ0n) is 9.25. The van der Waals surface area contributed by atoms with Crippen molar-refractivity contribution < 1.29 is 19.8 Å². The van der Waals surface area contributed by atoms with E-state index >= 15 is 0 Å². The number of rotatable bonds is 6. The Bertz CT molecular complexity index is 523. The van der Waals surface area contributed by atoms with Crippen LogP contribution < -0.4 is 0 Å². The largest absolute Gasteiger partial charge is 0.478 e. The maximum absolute atomic E-state index is 11.0. The molecule has 4 nitrogen and oxygen atoms in total. The summed E-state index contributed by atoms with van der Waals surface area (Å²) in [5.41, 5.74) is 0.0732. The van der Waals surface area contributed by atoms with Crippen molar-refractivity contribution >= 4 is 33.5 Å². The molecule has 18 heavy (non-hydrogen) atoms. The Balaban J connectivity index is 2.75. The number of aliphatic carboxylic acids is 1. The second-order valence-corrected chi connectivity index (χ2v) is 5.44. The van der Waals surface area contributed by atoms with Crippen molar-refractivity contribution in [2.75, 3.05) is 0 Å². The van der Waals surface area contributed by atoms with E-state index in [2.05, 4.69) is 13.2 Å². The van der Waals surface area contributed by atoms with E-state index in [1.165, 1.54) is 6.07 Å². The molecule has 0 unspecified atom stereocenters. The minimum absolute atomic E-state index is 0.0969. The molecule has 0 radical (unpaired) electrons. The zero-order valence-corrected chi connectivity index (χ0v) is 10.9. The Labute approximate surface area is 112 Å². The fourth-order valence-corrected chi connectivity index (χ4v) is 3.05. The first-order chi connectivity index (χ1) is 8.43. The van der Waals surface area contributed by atoms with Crippen LogP contribution in [0.1, 0.15) is 10.4 Å². The van der Waals surface area contributed by atoms with E-state index in [9.17, 15) is 9.59 Å². The van der Waals surface area contributed by atoms with Crippen LogP contribution >= 0.6 is 21.6 Å². The van der Waals surface area contributed by atoms with E-state index in [1.54, 1.807) is 18.2 Å². The van der Waals surface area contributed by atoms with Gasteiger partial charge in [-0.15, -0.1) is 0 Å². The minimum Gasteiger partial charge on any atom is -0.478 e. The third-order valence-electron chi connectivity index (χ3n) is 1.94. The van der Waals surface area contributed by atoms with Gasteiger partial charge in [-0.2, -0.15) is 0 Å². The van der Waals surface area contributed by atoms with Gasteiger partial charge < -0.3 is 10.2 Å². The van der Waals surface area contributed by atoms with Gasteiger partial charge in [0.15, 0.2) is 0 Å². The number of carboxylic acids is 2. The molecule has 94 valence electrons. The smallest absolute Gasteiger partial charge is 0.336 e. The first-order valence-electron chi connectivity index (χ1n) is 4.71. The highest BCUT2D eigenvalue weighted by molar-refractivity contribution is 8.78. The fourth-order valence-electron chi connectivity index (χ4n) is 0.981. The van der Waals surface area contributed by atoms with E-state index in [4.69, 9.17) is 10.2 Å². The lowest BCUT2D eigenvalue weighted by Gasteiger charge is -2.06. The van der Waals surface area contributed by atoms with Crippen LogP contribution in [-0.4, -0.2) is 22.2 Å². The van der Waals surface area contributed by atoms with Crippen LogP contribution in [0.15, 0.2) is 52.8 Å². The first-order valence-corrected chi connectivity index (χ1v) is 6.86. The van der Waals surface area contributed by atoms with Crippen LogP contribution in [0.3, 0.4) is 0 Å². The molecule has 0 aliphatic rings. The molecule has 6 heteroatoms. The Hall–Kier alpha value is -1.66. The summed E-state index contributed by atoms with van der Waals surface area (Å²) in [6, 6.07) is 6.48. The summed E-state index contributed by atoms with van der Waals surface area (Å²) >= 11 is 0. The summed E-state index contributed by atoms with van der Waals surface area (Å²) in [6.07, 6.45) is 0. The number of hydrogen-bond donors (Lipinski definition) is 2. The van der Waals surface area contributed by atoms with Crippen LogP contribution in [0.5, 0.6) is 0 Å². The van der Waals surface area contributed by atoms with Gasteiger partial charge in [0.05, 0.1) is 11.1 Å². The monoisotopic (exact) mass is 282 g/mol. The van der Waals surface area contributed by atoms with Crippen LogP contribution in [0.25, 0.3) is 0 Å². The Kier molecular flexibility index (Phi) is 5.06. The molecule has 2 N–H and O–H groups in total. The quantitative estimate of drug-likeness (QED) is 0.474. The topological polar surface area (TPSA) is 74.6 Å². The van der Waals surface area contributed by atoms with Gasteiger partial charge in [0.2, 0.25) is 0 Å². The molecule has 0 amide bonds. The van der Waals surface area contributed by atoms with Crippen molar-refractivity contribution in [3.05, 3.63) is 53.5 Å². The number of carbonyl (C=O) groups is 2. The van der Waals surface area contributed by atoms with Crippen molar-refractivity contribution in [1.29, 1.82) is 0 Å². The summed E-state index contributed by atoms with van der Waals surface area (Å²) in [7, 11) is 2.22. The minimum atomic E-state index is -1.14. The molecule has 1 aromatic rings. The van der Waals surface area contributed by atoms with E-state index in [1.807, 2.05) is 0 Å². The standard InChI is InChI=1S/C12H10O4S2/c1-7(11(13)14)8(2)17-18-10-6-4-3-5-9(10)12(15)16/h3-6H,1-2H2,(H,13,14)(H,15,16). The normalized spacial score (nSPS) is 9.78. The van der Waals surface area contributed by atoms with Crippen molar-refractivity contribution in [2.24, 2.45) is 0 Å². The predicted octanol–water partition coefficient (Wildman–Crippen LogP) is 3.28. The highest BCUT2D eigenvalue weighted by atomic mass is 33.1. The first kappa shape index (κ1) is 14.4. The lowest BCUT2D eigenvalue weighted by molar-refractivity contribution is -0.132. The number of hydrogen-bond acceptors (Lipinski definition) is 4. The molecule has 0 aliphatic carbocycles. The van der Waals surface area contributed by atoms with Gasteiger partial charge in [-0.3, -0.25) is 0 Å². The molecule has 0 saturated heterocycles. The highest BCUT2D eigenvalue weighted by Gasteiger charge is 2.13. The van der Waals surface area contributed by atoms with Crippen LogP contribution in [-0.2, 0) is 4.79 Å².